The van der Waals surface area contributed by atoms with E-state index in [0.717, 1.165) is 18.3 Å². The number of rotatable bonds is 5. The van der Waals surface area contributed by atoms with Crippen molar-refractivity contribution >= 4 is 23.6 Å². The molecule has 0 radical (unpaired) electrons. The summed E-state index contributed by atoms with van der Waals surface area (Å²) < 4.78 is 0. The van der Waals surface area contributed by atoms with E-state index >= 15 is 0 Å². The van der Waals surface area contributed by atoms with Crippen LogP contribution in [0.4, 0.5) is 0 Å². The molecule has 1 aliphatic heterocycles. The first kappa shape index (κ1) is 22.2. The number of thioether (sulfide) groups is 1. The minimum Gasteiger partial charge on any atom is -0.353 e. The van der Waals surface area contributed by atoms with Gasteiger partial charge in [0.15, 0.2) is 0 Å². The number of amides is 2. The molecule has 3 fully saturated rings. The van der Waals surface area contributed by atoms with Crippen LogP contribution in [0.2, 0.25) is 0 Å². The highest BCUT2D eigenvalue weighted by Crippen LogP contribution is 2.65. The van der Waals surface area contributed by atoms with Crippen molar-refractivity contribution < 1.29 is 9.59 Å². The van der Waals surface area contributed by atoms with Crippen molar-refractivity contribution in [2.75, 3.05) is 5.75 Å². The quantitative estimate of drug-likeness (QED) is 0.670. The van der Waals surface area contributed by atoms with Crippen LogP contribution in [-0.2, 0) is 9.59 Å². The third-order valence-corrected chi connectivity index (χ3v) is 10.4. The lowest BCUT2D eigenvalue weighted by Crippen LogP contribution is -2.59. The Balaban J connectivity index is 1.47. The van der Waals surface area contributed by atoms with E-state index in [1.54, 1.807) is 17.8 Å². The molecule has 8 atom stereocenters. The third-order valence-electron chi connectivity index (χ3n) is 9.30. The molecule has 4 rings (SSSR count). The molecule has 2 amide bonds. The Morgan fingerprint density at radius 2 is 1.93 bits per heavy atom. The van der Waals surface area contributed by atoms with Gasteiger partial charge in [-0.15, -0.1) is 11.8 Å². The average molecular weight is 433 g/mol. The second-order valence-corrected chi connectivity index (χ2v) is 12.7. The van der Waals surface area contributed by atoms with Crippen molar-refractivity contribution in [3.05, 3.63) is 12.2 Å². The van der Waals surface area contributed by atoms with Gasteiger partial charge in [-0.05, 0) is 85.9 Å². The molecule has 3 aliphatic carbocycles. The minimum absolute atomic E-state index is 0.0812. The molecule has 5 heteroatoms. The molecule has 3 saturated carbocycles. The molecule has 0 aromatic heterocycles. The summed E-state index contributed by atoms with van der Waals surface area (Å²) in [5.74, 6) is 3.57. The second-order valence-electron chi connectivity index (χ2n) is 11.2. The van der Waals surface area contributed by atoms with E-state index in [9.17, 15) is 9.59 Å². The Morgan fingerprint density at radius 3 is 2.67 bits per heavy atom. The maximum Gasteiger partial charge on any atom is 0.243 e. The van der Waals surface area contributed by atoms with E-state index < -0.39 is 0 Å². The molecular formula is C25H40N2O2S. The minimum atomic E-state index is 0.0812. The molecule has 1 heterocycles. The lowest BCUT2D eigenvalue weighted by molar-refractivity contribution is -0.124. The van der Waals surface area contributed by atoms with Crippen LogP contribution in [0.3, 0.4) is 0 Å². The molecule has 1 unspecified atom stereocenters. The predicted molar refractivity (Wildman–Crippen MR) is 124 cm³/mol. The van der Waals surface area contributed by atoms with Gasteiger partial charge >= 0.3 is 0 Å². The summed E-state index contributed by atoms with van der Waals surface area (Å²) in [4.78, 5) is 24.4. The highest BCUT2D eigenvalue weighted by atomic mass is 32.2. The van der Waals surface area contributed by atoms with Crippen molar-refractivity contribution in [1.82, 2.24) is 10.6 Å². The largest absolute Gasteiger partial charge is 0.353 e. The molecule has 168 valence electrons. The van der Waals surface area contributed by atoms with E-state index in [1.165, 1.54) is 32.1 Å². The van der Waals surface area contributed by atoms with Crippen molar-refractivity contribution in [1.29, 1.82) is 0 Å². The summed E-state index contributed by atoms with van der Waals surface area (Å²) in [6.45, 7) is 11.4. The number of carbonyl (C=O) groups excluding carboxylic acids is 2. The topological polar surface area (TPSA) is 58.2 Å². The Hall–Kier alpha value is -0.970. The van der Waals surface area contributed by atoms with Gasteiger partial charge in [-0.3, -0.25) is 9.59 Å². The molecule has 0 bridgehead atoms. The van der Waals surface area contributed by atoms with Crippen molar-refractivity contribution in [2.24, 2.45) is 34.5 Å². The Bertz CT molecular complexity index is 722. The van der Waals surface area contributed by atoms with E-state index in [0.29, 0.717) is 34.3 Å². The molecule has 2 N–H and O–H groups in total. The number of hydrogen-bond donors (Lipinski definition) is 2. The van der Waals surface area contributed by atoms with E-state index in [-0.39, 0.29) is 23.3 Å². The standard InChI is InChI=1S/C25H40N2O2S/c1-15(2)30-14-23(29)26-16(3)18-7-8-19-17-6-9-21-25(5,13-11-22(28)27-21)20(17)10-12-24(18,19)4/h11,13,15-21H,6-10,12,14H2,1-5H3,(H,26,29)(H,27,28)/t16?,17-,18+,19-,20-,21+,24+,25+/m0/s1. The summed E-state index contributed by atoms with van der Waals surface area (Å²) in [6.07, 6.45) is 11.4. The summed E-state index contributed by atoms with van der Waals surface area (Å²) >= 11 is 1.72. The molecule has 0 spiro atoms. The zero-order chi connectivity index (χ0) is 21.7. The van der Waals surface area contributed by atoms with Gasteiger partial charge in [-0.25, -0.2) is 0 Å². The Morgan fingerprint density at radius 1 is 1.17 bits per heavy atom. The Labute approximate surface area is 186 Å². The highest BCUT2D eigenvalue weighted by molar-refractivity contribution is 8.00. The zero-order valence-corrected chi connectivity index (χ0v) is 20.2. The fourth-order valence-corrected chi connectivity index (χ4v) is 8.40. The van der Waals surface area contributed by atoms with Crippen molar-refractivity contribution in [2.45, 2.75) is 90.5 Å². The van der Waals surface area contributed by atoms with Crippen LogP contribution in [0, 0.1) is 34.5 Å². The van der Waals surface area contributed by atoms with E-state index in [4.69, 9.17) is 0 Å². The molecule has 0 aromatic rings. The first-order valence-electron chi connectivity index (χ1n) is 12.1. The van der Waals surface area contributed by atoms with E-state index in [2.05, 4.69) is 51.3 Å². The SMILES string of the molecule is CC(C)SCC(=O)NC(C)[C@H]1CC[C@H]2[C@@H]3CC[C@H]4NC(=O)C=C[C@]4(C)[C@H]3CC[C@]12C. The number of carbonyl (C=O) groups is 2. The van der Waals surface area contributed by atoms with Crippen LogP contribution < -0.4 is 10.6 Å². The van der Waals surface area contributed by atoms with Crippen LogP contribution in [0.1, 0.15) is 73.1 Å². The first-order valence-corrected chi connectivity index (χ1v) is 13.1. The summed E-state index contributed by atoms with van der Waals surface area (Å²) in [5, 5.41) is 7.09. The van der Waals surface area contributed by atoms with Gasteiger partial charge in [0.25, 0.3) is 0 Å². The van der Waals surface area contributed by atoms with Crippen molar-refractivity contribution in [3.8, 4) is 0 Å². The normalized spacial score (nSPS) is 43.4. The molecule has 4 nitrogen and oxygen atoms in total. The monoisotopic (exact) mass is 432 g/mol. The molecule has 4 aliphatic rings. The van der Waals surface area contributed by atoms with Gasteiger partial charge in [-0.2, -0.15) is 0 Å². The van der Waals surface area contributed by atoms with Crippen LogP contribution in [0.25, 0.3) is 0 Å². The number of nitrogens with one attached hydrogen (secondary N) is 2. The van der Waals surface area contributed by atoms with Gasteiger partial charge in [0.1, 0.15) is 0 Å². The fraction of sp³-hybridized carbons (Fsp3) is 0.840. The maximum absolute atomic E-state index is 12.5. The lowest BCUT2D eigenvalue weighted by atomic mass is 9.47. The average Bonchev–Trinajstić information content (AvgIpc) is 3.04. The summed E-state index contributed by atoms with van der Waals surface area (Å²) in [7, 11) is 0. The maximum atomic E-state index is 12.5. The van der Waals surface area contributed by atoms with Crippen LogP contribution in [0.15, 0.2) is 12.2 Å². The fourth-order valence-electron chi connectivity index (χ4n) is 7.83. The summed E-state index contributed by atoms with van der Waals surface area (Å²) in [5.41, 5.74) is 0.425. The smallest absolute Gasteiger partial charge is 0.243 e. The predicted octanol–water partition coefficient (Wildman–Crippen LogP) is 4.55. The van der Waals surface area contributed by atoms with E-state index in [1.807, 2.05) is 0 Å². The first-order chi connectivity index (χ1) is 14.1. The Kier molecular flexibility index (Phi) is 6.06. The summed E-state index contributed by atoms with van der Waals surface area (Å²) in [6, 6.07) is 0.548. The highest BCUT2D eigenvalue weighted by Gasteiger charge is 2.60. The van der Waals surface area contributed by atoms with Crippen LogP contribution in [-0.4, -0.2) is 34.9 Å². The lowest BCUT2D eigenvalue weighted by Gasteiger charge is -2.59. The van der Waals surface area contributed by atoms with Crippen molar-refractivity contribution in [3.63, 3.8) is 0 Å². The number of fused-ring (bicyclic) bond motifs is 5. The van der Waals surface area contributed by atoms with Gasteiger partial charge in [0.2, 0.25) is 11.8 Å². The van der Waals surface area contributed by atoms with Gasteiger partial charge in [0, 0.05) is 17.5 Å². The second kappa shape index (κ2) is 8.18. The third kappa shape index (κ3) is 3.73. The van der Waals surface area contributed by atoms with Gasteiger partial charge in [0.05, 0.1) is 5.75 Å². The molecule has 0 aromatic carbocycles. The molecule has 30 heavy (non-hydrogen) atoms. The molecule has 0 saturated heterocycles. The van der Waals surface area contributed by atoms with Gasteiger partial charge in [-0.1, -0.05) is 33.8 Å². The number of hydrogen-bond acceptors (Lipinski definition) is 3. The van der Waals surface area contributed by atoms with Crippen LogP contribution in [0.5, 0.6) is 0 Å². The zero-order valence-electron chi connectivity index (χ0n) is 19.4. The van der Waals surface area contributed by atoms with Gasteiger partial charge < -0.3 is 10.6 Å². The molecular weight excluding hydrogens is 392 g/mol. The van der Waals surface area contributed by atoms with Crippen LogP contribution >= 0.6 is 11.8 Å².